The minimum Gasteiger partial charge on any atom is -0.462 e. The number of esters is 4. The maximum absolute atomic E-state index is 13.1. The summed E-state index contributed by atoms with van der Waals surface area (Å²) in [5, 5.41) is 10.6. The van der Waals surface area contributed by atoms with Crippen molar-refractivity contribution in [2.24, 2.45) is 17.8 Å². The number of hydrogen-bond acceptors (Lipinski definition) is 15. The van der Waals surface area contributed by atoms with Gasteiger partial charge in [-0.05, 0) is 43.4 Å². The normalized spacial score (nSPS) is 14.6. The Morgan fingerprint density at radius 1 is 0.296 bits per heavy atom. The number of unbranched alkanes of at least 4 members (excludes halogenated alkanes) is 43. The van der Waals surface area contributed by atoms with E-state index in [1.165, 1.54) is 218 Å². The van der Waals surface area contributed by atoms with Gasteiger partial charge in [0.15, 0.2) is 12.2 Å². The number of ether oxygens (including phenoxy) is 4. The molecule has 0 aliphatic heterocycles. The van der Waals surface area contributed by atoms with Gasteiger partial charge in [-0.25, -0.2) is 9.13 Å². The summed E-state index contributed by atoms with van der Waals surface area (Å²) in [5.74, 6) is 0.295. The van der Waals surface area contributed by atoms with Gasteiger partial charge < -0.3 is 33.8 Å². The zero-order valence-corrected chi connectivity index (χ0v) is 66.0. The lowest BCUT2D eigenvalue weighted by Crippen LogP contribution is -2.30. The third-order valence-electron chi connectivity index (χ3n) is 19.1. The Balaban J connectivity index is 5.27. The highest BCUT2D eigenvalue weighted by atomic mass is 31.2. The van der Waals surface area contributed by atoms with Crippen LogP contribution in [0.3, 0.4) is 0 Å². The molecular formula is C79H154O17P2. The van der Waals surface area contributed by atoms with Gasteiger partial charge in [-0.3, -0.25) is 37.3 Å². The van der Waals surface area contributed by atoms with Crippen molar-refractivity contribution in [2.45, 2.75) is 426 Å². The number of aliphatic hydroxyl groups is 1. The van der Waals surface area contributed by atoms with Gasteiger partial charge in [0.25, 0.3) is 0 Å². The summed E-state index contributed by atoms with van der Waals surface area (Å²) >= 11 is 0. The predicted molar refractivity (Wildman–Crippen MR) is 400 cm³/mol. The van der Waals surface area contributed by atoms with Crippen molar-refractivity contribution in [1.82, 2.24) is 0 Å². The topological polar surface area (TPSA) is 237 Å². The molecule has 0 rings (SSSR count). The van der Waals surface area contributed by atoms with Gasteiger partial charge in [-0.2, -0.15) is 0 Å². The van der Waals surface area contributed by atoms with Crippen LogP contribution < -0.4 is 0 Å². The second kappa shape index (κ2) is 69.4. The van der Waals surface area contributed by atoms with Gasteiger partial charge in [0.2, 0.25) is 0 Å². The van der Waals surface area contributed by atoms with Gasteiger partial charge in [0.05, 0.1) is 26.4 Å². The summed E-state index contributed by atoms with van der Waals surface area (Å²) in [7, 11) is -9.92. The van der Waals surface area contributed by atoms with Crippen molar-refractivity contribution in [3.05, 3.63) is 0 Å². The van der Waals surface area contributed by atoms with Crippen LogP contribution in [0.4, 0.5) is 0 Å². The molecule has 0 heterocycles. The van der Waals surface area contributed by atoms with Gasteiger partial charge in [-0.1, -0.05) is 357 Å². The largest absolute Gasteiger partial charge is 0.472 e. The molecule has 0 bridgehead atoms. The molecule has 0 aromatic rings. The van der Waals surface area contributed by atoms with Crippen molar-refractivity contribution in [2.75, 3.05) is 39.6 Å². The van der Waals surface area contributed by atoms with Gasteiger partial charge >= 0.3 is 39.5 Å². The van der Waals surface area contributed by atoms with Crippen LogP contribution in [0.2, 0.25) is 0 Å². The molecule has 0 saturated carbocycles. The molecule has 0 aromatic heterocycles. The van der Waals surface area contributed by atoms with Crippen LogP contribution in [-0.4, -0.2) is 96.7 Å². The number of carbonyl (C=O) groups excluding carboxylic acids is 4. The maximum Gasteiger partial charge on any atom is 0.472 e. The van der Waals surface area contributed by atoms with Crippen LogP contribution >= 0.6 is 15.6 Å². The number of carbonyl (C=O) groups is 4. The SMILES string of the molecule is CCCCCCCCCCCCCCCC(=O)OC[C@H](COP(=O)(O)OC[C@H](O)COP(=O)(O)OC[C@@H](COC(=O)CCCCCCCCCCCCC(C)CC)OC(=O)CCCCCCCCCCCCCCCCC(C)CC)OC(=O)CCCCCCCCCCCCC(C)C. The summed E-state index contributed by atoms with van der Waals surface area (Å²) in [6, 6.07) is 0. The van der Waals surface area contributed by atoms with E-state index in [0.717, 1.165) is 108 Å². The lowest BCUT2D eigenvalue weighted by atomic mass is 9.99. The Morgan fingerprint density at radius 2 is 0.520 bits per heavy atom. The van der Waals surface area contributed by atoms with E-state index in [1.54, 1.807) is 0 Å². The first-order chi connectivity index (χ1) is 47.3. The van der Waals surface area contributed by atoms with Gasteiger partial charge in [0.1, 0.15) is 19.3 Å². The molecule has 0 aromatic carbocycles. The van der Waals surface area contributed by atoms with Crippen molar-refractivity contribution in [3.8, 4) is 0 Å². The molecule has 4 unspecified atom stereocenters. The Bertz CT molecular complexity index is 1910. The number of phosphoric acid groups is 2. The second-order valence-corrected chi connectivity index (χ2v) is 32.3. The lowest BCUT2D eigenvalue weighted by Gasteiger charge is -2.21. The average Bonchev–Trinajstić information content (AvgIpc) is 1.37. The summed E-state index contributed by atoms with van der Waals surface area (Å²) in [4.78, 5) is 73.0. The highest BCUT2D eigenvalue weighted by Crippen LogP contribution is 2.45. The summed E-state index contributed by atoms with van der Waals surface area (Å²) in [5.41, 5.74) is 0. The first kappa shape index (κ1) is 96.1. The van der Waals surface area contributed by atoms with E-state index in [9.17, 15) is 43.2 Å². The summed E-state index contributed by atoms with van der Waals surface area (Å²) in [6.07, 6.45) is 56.6. The van der Waals surface area contributed by atoms with E-state index in [1.807, 2.05) is 0 Å². The molecule has 0 radical (unpaired) electrons. The van der Waals surface area contributed by atoms with Gasteiger partial charge in [0, 0.05) is 25.7 Å². The molecule has 17 nitrogen and oxygen atoms in total. The number of aliphatic hydroxyl groups excluding tert-OH is 1. The average molecular weight is 1440 g/mol. The van der Waals surface area contributed by atoms with Crippen LogP contribution in [0.1, 0.15) is 408 Å². The molecule has 0 fully saturated rings. The Kier molecular flexibility index (Phi) is 68.1. The monoisotopic (exact) mass is 1440 g/mol. The summed E-state index contributed by atoms with van der Waals surface area (Å²) in [6.45, 7) is 12.0. The fraction of sp³-hybridized carbons (Fsp3) is 0.949. The fourth-order valence-corrected chi connectivity index (χ4v) is 13.6. The smallest absolute Gasteiger partial charge is 0.462 e. The molecule has 7 atom stereocenters. The minimum atomic E-state index is -4.96. The van der Waals surface area contributed by atoms with E-state index in [4.69, 9.17) is 37.0 Å². The van der Waals surface area contributed by atoms with E-state index >= 15 is 0 Å². The van der Waals surface area contributed by atoms with Crippen LogP contribution in [0.15, 0.2) is 0 Å². The van der Waals surface area contributed by atoms with Crippen LogP contribution in [-0.2, 0) is 65.4 Å². The van der Waals surface area contributed by atoms with Crippen molar-refractivity contribution in [3.63, 3.8) is 0 Å². The van der Waals surface area contributed by atoms with Crippen molar-refractivity contribution in [1.29, 1.82) is 0 Å². The molecule has 3 N–H and O–H groups in total. The highest BCUT2D eigenvalue weighted by Gasteiger charge is 2.30. The minimum absolute atomic E-state index is 0.106. The lowest BCUT2D eigenvalue weighted by molar-refractivity contribution is -0.161. The summed E-state index contributed by atoms with van der Waals surface area (Å²) < 4.78 is 68.7. The number of hydrogen-bond donors (Lipinski definition) is 3. The highest BCUT2D eigenvalue weighted by molar-refractivity contribution is 7.47. The molecule has 582 valence electrons. The van der Waals surface area contributed by atoms with Crippen LogP contribution in [0.5, 0.6) is 0 Å². The quantitative estimate of drug-likeness (QED) is 0.0222. The Hall–Kier alpha value is -1.94. The van der Waals surface area contributed by atoms with Crippen LogP contribution in [0.25, 0.3) is 0 Å². The zero-order chi connectivity index (χ0) is 72.3. The number of phosphoric ester groups is 2. The molecule has 98 heavy (non-hydrogen) atoms. The standard InChI is InChI=1S/C79H154O17P2/c1-8-11-12-13-14-15-16-19-23-32-39-46-53-60-76(81)89-66-75(96-79(84)63-56-49-42-35-27-25-29-36-43-50-57-70(4)5)69-94-98(87,88)92-65-73(80)64-91-97(85,86)93-68-74(67-90-77(82)61-54-47-40-33-28-26-31-38-45-52-59-72(7)10-3)95-78(83)62-55-48-41-34-24-21-18-17-20-22-30-37-44-51-58-71(6)9-2/h70-75,80H,8-69H2,1-7H3,(H,85,86)(H,87,88)/t71?,72?,73-,74-,75-/m1/s1. The molecule has 19 heteroatoms. The van der Waals surface area contributed by atoms with Crippen molar-refractivity contribution >= 4 is 39.5 Å². The second-order valence-electron chi connectivity index (χ2n) is 29.4. The molecule has 0 aliphatic rings. The molecule has 0 saturated heterocycles. The first-order valence-electron chi connectivity index (χ1n) is 40.9. The number of rotatable bonds is 77. The molecule has 0 amide bonds. The maximum atomic E-state index is 13.1. The Morgan fingerprint density at radius 3 is 0.776 bits per heavy atom. The zero-order valence-electron chi connectivity index (χ0n) is 64.3. The molecule has 0 spiro atoms. The van der Waals surface area contributed by atoms with E-state index in [-0.39, 0.29) is 25.7 Å². The van der Waals surface area contributed by atoms with Gasteiger partial charge in [-0.15, -0.1) is 0 Å². The van der Waals surface area contributed by atoms with Crippen LogP contribution in [0, 0.1) is 17.8 Å². The molecule has 0 aliphatic carbocycles. The van der Waals surface area contributed by atoms with Crippen molar-refractivity contribution < 1.29 is 80.2 Å². The van der Waals surface area contributed by atoms with E-state index in [0.29, 0.717) is 25.7 Å². The fourth-order valence-electron chi connectivity index (χ4n) is 12.1. The molecular weight excluding hydrogens is 1280 g/mol. The third-order valence-corrected chi connectivity index (χ3v) is 21.0. The third kappa shape index (κ3) is 69.8. The Labute approximate surface area is 600 Å². The predicted octanol–water partition coefficient (Wildman–Crippen LogP) is 23.4. The van der Waals surface area contributed by atoms with E-state index in [2.05, 4.69) is 48.5 Å². The first-order valence-corrected chi connectivity index (χ1v) is 43.9. The van der Waals surface area contributed by atoms with E-state index < -0.39 is 97.5 Å².